The molecule has 1 unspecified atom stereocenters. The molecule has 0 radical (unpaired) electrons. The second-order valence-corrected chi connectivity index (χ2v) is 5.03. The van der Waals surface area contributed by atoms with Crippen LogP contribution in [-0.4, -0.2) is 13.6 Å². The SMILES string of the molecule is CNCCC(C)CCc1ccc(Cl)c(C)c1. The summed E-state index contributed by atoms with van der Waals surface area (Å²) in [4.78, 5) is 0. The van der Waals surface area contributed by atoms with Gasteiger partial charge in [-0.3, -0.25) is 0 Å². The molecule has 0 amide bonds. The molecule has 0 bridgehead atoms. The Morgan fingerprint density at radius 1 is 1.31 bits per heavy atom. The van der Waals surface area contributed by atoms with E-state index in [0.29, 0.717) is 0 Å². The molecule has 90 valence electrons. The molecule has 0 saturated carbocycles. The van der Waals surface area contributed by atoms with Crippen molar-refractivity contribution in [2.45, 2.75) is 33.1 Å². The van der Waals surface area contributed by atoms with E-state index in [0.717, 1.165) is 23.9 Å². The Morgan fingerprint density at radius 2 is 2.06 bits per heavy atom. The number of aryl methyl sites for hydroxylation is 2. The second-order valence-electron chi connectivity index (χ2n) is 4.62. The van der Waals surface area contributed by atoms with E-state index in [1.54, 1.807) is 0 Å². The summed E-state index contributed by atoms with van der Waals surface area (Å²) in [6, 6.07) is 6.34. The third-order valence-electron chi connectivity index (χ3n) is 3.04. The van der Waals surface area contributed by atoms with Crippen LogP contribution >= 0.6 is 11.6 Å². The van der Waals surface area contributed by atoms with Crippen LogP contribution in [0.2, 0.25) is 5.02 Å². The lowest BCUT2D eigenvalue weighted by Crippen LogP contribution is -2.11. The average Bonchev–Trinajstić information content (AvgIpc) is 2.28. The number of hydrogen-bond acceptors (Lipinski definition) is 1. The molecule has 0 saturated heterocycles. The highest BCUT2D eigenvalue weighted by Gasteiger charge is 2.03. The van der Waals surface area contributed by atoms with E-state index < -0.39 is 0 Å². The van der Waals surface area contributed by atoms with Crippen molar-refractivity contribution in [2.24, 2.45) is 5.92 Å². The van der Waals surface area contributed by atoms with E-state index in [-0.39, 0.29) is 0 Å². The monoisotopic (exact) mass is 239 g/mol. The van der Waals surface area contributed by atoms with E-state index >= 15 is 0 Å². The molecule has 0 spiro atoms. The van der Waals surface area contributed by atoms with Crippen molar-refractivity contribution in [3.8, 4) is 0 Å². The smallest absolute Gasteiger partial charge is 0.0435 e. The van der Waals surface area contributed by atoms with Crippen molar-refractivity contribution < 1.29 is 0 Å². The number of halogens is 1. The van der Waals surface area contributed by atoms with Crippen LogP contribution in [0.25, 0.3) is 0 Å². The quantitative estimate of drug-likeness (QED) is 0.796. The Kier molecular flexibility index (Phi) is 5.86. The van der Waals surface area contributed by atoms with E-state index in [9.17, 15) is 0 Å². The molecular weight excluding hydrogens is 218 g/mol. The van der Waals surface area contributed by atoms with Crippen molar-refractivity contribution in [3.63, 3.8) is 0 Å². The maximum absolute atomic E-state index is 6.00. The third-order valence-corrected chi connectivity index (χ3v) is 3.46. The molecule has 16 heavy (non-hydrogen) atoms. The first kappa shape index (κ1) is 13.5. The molecule has 0 aliphatic heterocycles. The normalized spacial score (nSPS) is 12.8. The molecule has 1 nitrogen and oxygen atoms in total. The number of benzene rings is 1. The van der Waals surface area contributed by atoms with Gasteiger partial charge < -0.3 is 5.32 Å². The van der Waals surface area contributed by atoms with E-state index in [1.165, 1.54) is 24.0 Å². The zero-order chi connectivity index (χ0) is 12.0. The zero-order valence-electron chi connectivity index (χ0n) is 10.5. The van der Waals surface area contributed by atoms with Gasteiger partial charge in [0.15, 0.2) is 0 Å². The van der Waals surface area contributed by atoms with E-state index in [4.69, 9.17) is 11.6 Å². The molecule has 1 atom stereocenters. The van der Waals surface area contributed by atoms with Gasteiger partial charge in [0.2, 0.25) is 0 Å². The molecule has 0 aromatic heterocycles. The zero-order valence-corrected chi connectivity index (χ0v) is 11.3. The van der Waals surface area contributed by atoms with Gasteiger partial charge in [0.05, 0.1) is 0 Å². The number of nitrogens with one attached hydrogen (secondary N) is 1. The minimum atomic E-state index is 0.781. The predicted octanol–water partition coefficient (Wildman–Crippen LogP) is 3.83. The van der Waals surface area contributed by atoms with Crippen LogP contribution in [0.5, 0.6) is 0 Å². The first-order chi connectivity index (χ1) is 7.63. The Labute approximate surface area is 104 Å². The summed E-state index contributed by atoms with van der Waals surface area (Å²) in [6.45, 7) is 5.50. The molecular formula is C14H22ClN. The molecule has 0 aliphatic rings. The summed E-state index contributed by atoms with van der Waals surface area (Å²) in [7, 11) is 2.01. The summed E-state index contributed by atoms with van der Waals surface area (Å²) in [5.74, 6) is 0.781. The van der Waals surface area contributed by atoms with E-state index in [1.807, 2.05) is 13.1 Å². The fourth-order valence-electron chi connectivity index (χ4n) is 1.81. The fourth-order valence-corrected chi connectivity index (χ4v) is 1.93. The first-order valence-corrected chi connectivity index (χ1v) is 6.41. The summed E-state index contributed by atoms with van der Waals surface area (Å²) < 4.78 is 0. The molecule has 0 heterocycles. The highest BCUT2D eigenvalue weighted by molar-refractivity contribution is 6.31. The average molecular weight is 240 g/mol. The van der Waals surface area contributed by atoms with Gasteiger partial charge in [0.1, 0.15) is 0 Å². The lowest BCUT2D eigenvalue weighted by Gasteiger charge is -2.11. The topological polar surface area (TPSA) is 12.0 Å². The fraction of sp³-hybridized carbons (Fsp3) is 0.571. The van der Waals surface area contributed by atoms with Crippen LogP contribution in [0.3, 0.4) is 0 Å². The first-order valence-electron chi connectivity index (χ1n) is 6.03. The number of rotatable bonds is 6. The van der Waals surface area contributed by atoms with Gasteiger partial charge in [-0.2, -0.15) is 0 Å². The van der Waals surface area contributed by atoms with Crippen LogP contribution in [0, 0.1) is 12.8 Å². The van der Waals surface area contributed by atoms with Crippen LogP contribution in [0.1, 0.15) is 30.9 Å². The minimum absolute atomic E-state index is 0.781. The molecule has 1 aromatic carbocycles. The summed E-state index contributed by atoms with van der Waals surface area (Å²) in [5, 5.41) is 4.06. The summed E-state index contributed by atoms with van der Waals surface area (Å²) in [6.07, 6.45) is 3.66. The Balaban J connectivity index is 2.39. The van der Waals surface area contributed by atoms with Crippen molar-refractivity contribution in [1.82, 2.24) is 5.32 Å². The van der Waals surface area contributed by atoms with Gasteiger partial charge in [-0.15, -0.1) is 0 Å². The summed E-state index contributed by atoms with van der Waals surface area (Å²) in [5.41, 5.74) is 2.58. The standard InChI is InChI=1S/C14H22ClN/c1-11(8-9-16-3)4-5-13-6-7-14(15)12(2)10-13/h6-7,10-11,16H,4-5,8-9H2,1-3H3. The van der Waals surface area contributed by atoms with Crippen molar-refractivity contribution in [3.05, 3.63) is 34.3 Å². The maximum atomic E-state index is 6.00. The molecule has 1 rings (SSSR count). The van der Waals surface area contributed by atoms with Crippen LogP contribution < -0.4 is 5.32 Å². The highest BCUT2D eigenvalue weighted by Crippen LogP contribution is 2.19. The van der Waals surface area contributed by atoms with Gasteiger partial charge in [-0.05, 0) is 62.9 Å². The molecule has 1 N–H and O–H groups in total. The molecule has 0 aliphatic carbocycles. The lowest BCUT2D eigenvalue weighted by atomic mass is 9.97. The number of hydrogen-bond donors (Lipinski definition) is 1. The molecule has 2 heteroatoms. The largest absolute Gasteiger partial charge is 0.320 e. The van der Waals surface area contributed by atoms with Crippen LogP contribution in [0.4, 0.5) is 0 Å². The third kappa shape index (κ3) is 4.54. The second kappa shape index (κ2) is 6.93. The predicted molar refractivity (Wildman–Crippen MR) is 72.2 cm³/mol. The van der Waals surface area contributed by atoms with Crippen LogP contribution in [0.15, 0.2) is 18.2 Å². The Hall–Kier alpha value is -0.530. The van der Waals surface area contributed by atoms with Crippen LogP contribution in [-0.2, 0) is 6.42 Å². The van der Waals surface area contributed by atoms with Crippen molar-refractivity contribution in [2.75, 3.05) is 13.6 Å². The summed E-state index contributed by atoms with van der Waals surface area (Å²) >= 11 is 6.00. The van der Waals surface area contributed by atoms with E-state index in [2.05, 4.69) is 31.3 Å². The molecule has 0 fully saturated rings. The highest BCUT2D eigenvalue weighted by atomic mass is 35.5. The van der Waals surface area contributed by atoms with Gasteiger partial charge in [-0.1, -0.05) is 30.7 Å². The Bertz CT molecular complexity index is 323. The van der Waals surface area contributed by atoms with Crippen molar-refractivity contribution in [1.29, 1.82) is 0 Å². The minimum Gasteiger partial charge on any atom is -0.320 e. The van der Waals surface area contributed by atoms with Gasteiger partial charge in [-0.25, -0.2) is 0 Å². The van der Waals surface area contributed by atoms with Gasteiger partial charge >= 0.3 is 0 Å². The van der Waals surface area contributed by atoms with Crippen molar-refractivity contribution >= 4 is 11.6 Å². The lowest BCUT2D eigenvalue weighted by molar-refractivity contribution is 0.482. The maximum Gasteiger partial charge on any atom is 0.0435 e. The van der Waals surface area contributed by atoms with Gasteiger partial charge in [0.25, 0.3) is 0 Å². The van der Waals surface area contributed by atoms with Gasteiger partial charge in [0, 0.05) is 5.02 Å². The Morgan fingerprint density at radius 3 is 2.69 bits per heavy atom. The molecule has 1 aromatic rings.